The summed E-state index contributed by atoms with van der Waals surface area (Å²) < 4.78 is 20.3. The molecule has 0 aliphatic heterocycles. The minimum Gasteiger partial charge on any atom is -0.496 e. The van der Waals surface area contributed by atoms with E-state index in [1.807, 2.05) is 25.2 Å². The van der Waals surface area contributed by atoms with Crippen molar-refractivity contribution in [2.75, 3.05) is 14.2 Å². The number of hydrogen-bond donors (Lipinski definition) is 1. The summed E-state index contributed by atoms with van der Waals surface area (Å²) in [6.45, 7) is 0. The summed E-state index contributed by atoms with van der Waals surface area (Å²) in [7, 11) is 3.47. The number of ether oxygens (including phenoxy) is 1. The van der Waals surface area contributed by atoms with Crippen molar-refractivity contribution in [3.63, 3.8) is 0 Å². The minimum atomic E-state index is -0.293. The van der Waals surface area contributed by atoms with Gasteiger partial charge in [0.2, 0.25) is 0 Å². The molecule has 0 aromatic heterocycles. The maximum absolute atomic E-state index is 14.0. The van der Waals surface area contributed by atoms with Gasteiger partial charge in [0.15, 0.2) is 0 Å². The molecule has 0 amide bonds. The van der Waals surface area contributed by atoms with Crippen LogP contribution in [-0.2, 0) is 6.42 Å². The van der Waals surface area contributed by atoms with E-state index < -0.39 is 0 Å². The van der Waals surface area contributed by atoms with E-state index in [-0.39, 0.29) is 11.9 Å². The summed E-state index contributed by atoms with van der Waals surface area (Å²) in [6.07, 6.45) is 0.511. The first-order valence-corrected chi connectivity index (χ1v) is 7.67. The standard InChI is InChI=1S/C16H16BrClFNO/c1-20-15(7-10-3-5-12(18)9-14(10)19)13-6-4-11(17)8-16(13)21-2/h3-6,8-9,15,20H,7H2,1-2H3. The average Bonchev–Trinajstić information content (AvgIpc) is 2.47. The molecule has 1 N–H and O–H groups in total. The Kier molecular flexibility index (Phi) is 5.62. The van der Waals surface area contributed by atoms with E-state index >= 15 is 0 Å². The van der Waals surface area contributed by atoms with Crippen LogP contribution < -0.4 is 10.1 Å². The van der Waals surface area contributed by atoms with Crippen molar-refractivity contribution in [3.8, 4) is 5.75 Å². The van der Waals surface area contributed by atoms with E-state index in [1.54, 1.807) is 19.2 Å². The zero-order valence-electron chi connectivity index (χ0n) is 11.8. The van der Waals surface area contributed by atoms with Crippen LogP contribution in [0, 0.1) is 5.82 Å². The Balaban J connectivity index is 2.32. The van der Waals surface area contributed by atoms with Gasteiger partial charge in [-0.2, -0.15) is 0 Å². The zero-order valence-corrected chi connectivity index (χ0v) is 14.1. The Morgan fingerprint density at radius 3 is 2.67 bits per heavy atom. The van der Waals surface area contributed by atoms with Crippen molar-refractivity contribution < 1.29 is 9.13 Å². The van der Waals surface area contributed by atoms with E-state index in [2.05, 4.69) is 21.2 Å². The van der Waals surface area contributed by atoms with Crippen LogP contribution in [-0.4, -0.2) is 14.2 Å². The number of benzene rings is 2. The van der Waals surface area contributed by atoms with Crippen LogP contribution >= 0.6 is 27.5 Å². The average molecular weight is 373 g/mol. The summed E-state index contributed by atoms with van der Waals surface area (Å²) in [6, 6.07) is 10.5. The molecule has 21 heavy (non-hydrogen) atoms. The van der Waals surface area contributed by atoms with Gasteiger partial charge in [0.25, 0.3) is 0 Å². The molecule has 0 aliphatic carbocycles. The topological polar surface area (TPSA) is 21.3 Å². The fourth-order valence-corrected chi connectivity index (χ4v) is 2.75. The molecular weight excluding hydrogens is 357 g/mol. The van der Waals surface area contributed by atoms with E-state index in [4.69, 9.17) is 16.3 Å². The van der Waals surface area contributed by atoms with Gasteiger partial charge in [-0.05, 0) is 43.3 Å². The third-order valence-corrected chi connectivity index (χ3v) is 4.09. The lowest BCUT2D eigenvalue weighted by Crippen LogP contribution is -2.20. The number of likely N-dealkylation sites (N-methyl/N-ethyl adjacent to an activating group) is 1. The number of halogens is 3. The summed E-state index contributed by atoms with van der Waals surface area (Å²) in [5.41, 5.74) is 1.60. The van der Waals surface area contributed by atoms with Crippen LogP contribution in [0.2, 0.25) is 5.02 Å². The molecule has 0 aliphatic rings. The molecule has 0 radical (unpaired) electrons. The smallest absolute Gasteiger partial charge is 0.127 e. The predicted molar refractivity (Wildman–Crippen MR) is 87.6 cm³/mol. The first kappa shape index (κ1) is 16.3. The Bertz CT molecular complexity index is 636. The molecule has 0 spiro atoms. The molecular formula is C16H16BrClFNO. The van der Waals surface area contributed by atoms with Crippen LogP contribution in [0.4, 0.5) is 4.39 Å². The highest BCUT2D eigenvalue weighted by atomic mass is 79.9. The maximum atomic E-state index is 14.0. The van der Waals surface area contributed by atoms with Gasteiger partial charge in [0.05, 0.1) is 7.11 Å². The van der Waals surface area contributed by atoms with Crippen molar-refractivity contribution in [2.24, 2.45) is 0 Å². The molecule has 0 saturated carbocycles. The molecule has 2 aromatic rings. The fourth-order valence-electron chi connectivity index (χ4n) is 2.25. The van der Waals surface area contributed by atoms with Gasteiger partial charge in [-0.25, -0.2) is 4.39 Å². The molecule has 2 nitrogen and oxygen atoms in total. The SMILES string of the molecule is CNC(Cc1ccc(Cl)cc1F)c1ccc(Br)cc1OC. The Labute approximate surface area is 137 Å². The molecule has 1 atom stereocenters. The summed E-state index contributed by atoms with van der Waals surface area (Å²) in [5.74, 6) is 0.469. The maximum Gasteiger partial charge on any atom is 0.127 e. The van der Waals surface area contributed by atoms with Crippen LogP contribution in [0.3, 0.4) is 0 Å². The van der Waals surface area contributed by atoms with E-state index in [1.165, 1.54) is 6.07 Å². The predicted octanol–water partition coefficient (Wildman–Crippen LogP) is 4.75. The number of nitrogens with one attached hydrogen (secondary N) is 1. The second-order valence-electron chi connectivity index (χ2n) is 4.67. The molecule has 0 heterocycles. The van der Waals surface area contributed by atoms with Crippen LogP contribution in [0.15, 0.2) is 40.9 Å². The van der Waals surface area contributed by atoms with Gasteiger partial charge in [-0.15, -0.1) is 0 Å². The first-order chi connectivity index (χ1) is 10.0. The summed E-state index contributed by atoms with van der Waals surface area (Å²) in [4.78, 5) is 0. The van der Waals surface area contributed by atoms with Gasteiger partial charge in [-0.3, -0.25) is 0 Å². The second kappa shape index (κ2) is 7.25. The van der Waals surface area contributed by atoms with Gasteiger partial charge in [0, 0.05) is 21.1 Å². The molecule has 0 saturated heterocycles. The van der Waals surface area contributed by atoms with Crippen molar-refractivity contribution in [2.45, 2.75) is 12.5 Å². The van der Waals surface area contributed by atoms with Gasteiger partial charge in [0.1, 0.15) is 11.6 Å². The molecule has 112 valence electrons. The lowest BCUT2D eigenvalue weighted by molar-refractivity contribution is 0.400. The Morgan fingerprint density at radius 1 is 1.29 bits per heavy atom. The minimum absolute atomic E-state index is 0.0521. The van der Waals surface area contributed by atoms with Crippen molar-refractivity contribution in [3.05, 3.63) is 62.8 Å². The first-order valence-electron chi connectivity index (χ1n) is 6.49. The summed E-state index contributed by atoms with van der Waals surface area (Å²) in [5, 5.41) is 3.61. The normalized spacial score (nSPS) is 12.2. The molecule has 2 rings (SSSR count). The van der Waals surface area contributed by atoms with Crippen LogP contribution in [0.5, 0.6) is 5.75 Å². The Hall–Kier alpha value is -1.10. The highest BCUT2D eigenvalue weighted by molar-refractivity contribution is 9.10. The van der Waals surface area contributed by atoms with Crippen LogP contribution in [0.25, 0.3) is 0 Å². The molecule has 1 unspecified atom stereocenters. The third-order valence-electron chi connectivity index (χ3n) is 3.36. The molecule has 0 bridgehead atoms. The quantitative estimate of drug-likeness (QED) is 0.817. The third kappa shape index (κ3) is 3.96. The highest BCUT2D eigenvalue weighted by Gasteiger charge is 2.17. The molecule has 5 heteroatoms. The number of rotatable bonds is 5. The second-order valence-corrected chi connectivity index (χ2v) is 6.02. The monoisotopic (exact) mass is 371 g/mol. The molecule has 0 fully saturated rings. The largest absolute Gasteiger partial charge is 0.496 e. The van der Waals surface area contributed by atoms with E-state index in [0.29, 0.717) is 17.0 Å². The lowest BCUT2D eigenvalue weighted by Gasteiger charge is -2.20. The van der Waals surface area contributed by atoms with Crippen LogP contribution in [0.1, 0.15) is 17.2 Å². The zero-order chi connectivity index (χ0) is 15.4. The number of methoxy groups -OCH3 is 1. The van der Waals surface area contributed by atoms with Gasteiger partial charge < -0.3 is 10.1 Å². The van der Waals surface area contributed by atoms with Crippen molar-refractivity contribution in [1.29, 1.82) is 0 Å². The fraction of sp³-hybridized carbons (Fsp3) is 0.250. The van der Waals surface area contributed by atoms with Crippen molar-refractivity contribution >= 4 is 27.5 Å². The summed E-state index contributed by atoms with van der Waals surface area (Å²) >= 11 is 9.21. The van der Waals surface area contributed by atoms with Gasteiger partial charge >= 0.3 is 0 Å². The van der Waals surface area contributed by atoms with Gasteiger partial charge in [-0.1, -0.05) is 39.7 Å². The van der Waals surface area contributed by atoms with Crippen molar-refractivity contribution in [1.82, 2.24) is 5.32 Å². The molecule has 2 aromatic carbocycles. The lowest BCUT2D eigenvalue weighted by atomic mass is 9.98. The van der Waals surface area contributed by atoms with E-state index in [9.17, 15) is 4.39 Å². The Morgan fingerprint density at radius 2 is 2.05 bits per heavy atom. The van der Waals surface area contributed by atoms with E-state index in [0.717, 1.165) is 15.8 Å². The number of hydrogen-bond acceptors (Lipinski definition) is 2. The highest BCUT2D eigenvalue weighted by Crippen LogP contribution is 2.31.